The first-order valence-corrected chi connectivity index (χ1v) is 11.2. The minimum atomic E-state index is -1.28. The summed E-state index contributed by atoms with van der Waals surface area (Å²) in [5.74, 6) is -1.15. The Morgan fingerprint density at radius 1 is 1.10 bits per heavy atom. The van der Waals surface area contributed by atoms with Crippen molar-refractivity contribution < 1.29 is 29.1 Å². The van der Waals surface area contributed by atoms with Gasteiger partial charge in [0.1, 0.15) is 17.9 Å². The predicted octanol–water partition coefficient (Wildman–Crippen LogP) is 0.452. The molecule has 0 bridgehead atoms. The number of amides is 4. The van der Waals surface area contributed by atoms with E-state index in [2.05, 4.69) is 21.3 Å². The molecule has 0 aromatic heterocycles. The fourth-order valence-electron chi connectivity index (χ4n) is 4.63. The lowest BCUT2D eigenvalue weighted by molar-refractivity contribution is -0.132. The quantitative estimate of drug-likeness (QED) is 0.313. The van der Waals surface area contributed by atoms with Crippen molar-refractivity contribution in [2.24, 2.45) is 11.8 Å². The molecule has 3 atom stereocenters. The molecule has 5 N–H and O–H groups in total. The number of aldehydes is 1. The standard InChI is InChI=1S/C21H32N4O6/c26-12-15(11-14-6-9-22-17(14)27)23-18(28)16(10-13-4-2-1-3-5-13)24-19(29)21(7-8-21)25-20(30)31/h12-16,25H,1-11H2,(H,22,27)(H,23,28)(H,24,29)(H,30,31). The van der Waals surface area contributed by atoms with Crippen molar-refractivity contribution in [3.8, 4) is 0 Å². The summed E-state index contributed by atoms with van der Waals surface area (Å²) >= 11 is 0. The van der Waals surface area contributed by atoms with Gasteiger partial charge in [-0.2, -0.15) is 0 Å². The summed E-state index contributed by atoms with van der Waals surface area (Å²) in [6, 6.07) is -1.68. The van der Waals surface area contributed by atoms with Crippen molar-refractivity contribution in [1.29, 1.82) is 0 Å². The van der Waals surface area contributed by atoms with Gasteiger partial charge in [-0.1, -0.05) is 32.1 Å². The number of carbonyl (C=O) groups is 5. The maximum Gasteiger partial charge on any atom is 0.405 e. The molecule has 0 spiro atoms. The van der Waals surface area contributed by atoms with Gasteiger partial charge in [-0.3, -0.25) is 14.4 Å². The molecule has 4 amide bonds. The first kappa shape index (κ1) is 23.0. The number of carboxylic acid groups (broad SMARTS) is 1. The Labute approximate surface area is 181 Å². The van der Waals surface area contributed by atoms with Crippen molar-refractivity contribution >= 4 is 30.1 Å². The minimum Gasteiger partial charge on any atom is -0.465 e. The van der Waals surface area contributed by atoms with E-state index < -0.39 is 35.5 Å². The first-order valence-electron chi connectivity index (χ1n) is 11.2. The molecular formula is C21H32N4O6. The van der Waals surface area contributed by atoms with Gasteiger partial charge in [-0.25, -0.2) is 4.79 Å². The second-order valence-corrected chi connectivity index (χ2v) is 9.04. The van der Waals surface area contributed by atoms with E-state index in [4.69, 9.17) is 5.11 Å². The highest BCUT2D eigenvalue weighted by Crippen LogP contribution is 2.36. The SMILES string of the molecule is O=CC(CC1CCNC1=O)NC(=O)C(CC1CCCCC1)NC(=O)C1(NC(=O)O)CC1. The van der Waals surface area contributed by atoms with E-state index in [1.165, 1.54) is 0 Å². The average Bonchev–Trinajstić information content (AvgIpc) is 3.41. The van der Waals surface area contributed by atoms with E-state index in [-0.39, 0.29) is 24.2 Å². The Kier molecular flexibility index (Phi) is 7.50. The van der Waals surface area contributed by atoms with E-state index in [1.807, 2.05) is 0 Å². The van der Waals surface area contributed by atoms with Gasteiger partial charge in [0.25, 0.3) is 0 Å². The highest BCUT2D eigenvalue weighted by Gasteiger charge is 2.52. The second-order valence-electron chi connectivity index (χ2n) is 9.04. The van der Waals surface area contributed by atoms with Gasteiger partial charge >= 0.3 is 6.09 Å². The van der Waals surface area contributed by atoms with Crippen LogP contribution < -0.4 is 21.3 Å². The molecule has 10 heteroatoms. The average molecular weight is 437 g/mol. The van der Waals surface area contributed by atoms with E-state index in [0.29, 0.717) is 38.5 Å². The Balaban J connectivity index is 1.64. The molecule has 1 aliphatic heterocycles. The lowest BCUT2D eigenvalue weighted by atomic mass is 9.84. The smallest absolute Gasteiger partial charge is 0.405 e. The molecule has 1 heterocycles. The summed E-state index contributed by atoms with van der Waals surface area (Å²) in [6.07, 6.45) is 6.63. The summed E-state index contributed by atoms with van der Waals surface area (Å²) < 4.78 is 0. The highest BCUT2D eigenvalue weighted by molar-refractivity contribution is 5.96. The van der Waals surface area contributed by atoms with Crippen molar-refractivity contribution in [1.82, 2.24) is 21.3 Å². The maximum absolute atomic E-state index is 13.0. The zero-order chi connectivity index (χ0) is 22.4. The Morgan fingerprint density at radius 3 is 2.35 bits per heavy atom. The third kappa shape index (κ3) is 6.18. The predicted molar refractivity (Wildman–Crippen MR) is 110 cm³/mol. The molecule has 3 aliphatic rings. The Bertz CT molecular complexity index is 717. The lowest BCUT2D eigenvalue weighted by Gasteiger charge is -2.29. The molecule has 3 rings (SSSR count). The lowest BCUT2D eigenvalue weighted by Crippen LogP contribution is -2.56. The molecule has 2 saturated carbocycles. The Morgan fingerprint density at radius 2 is 1.81 bits per heavy atom. The van der Waals surface area contributed by atoms with Gasteiger partial charge in [0, 0.05) is 12.5 Å². The molecule has 0 radical (unpaired) electrons. The molecule has 31 heavy (non-hydrogen) atoms. The third-order valence-electron chi connectivity index (χ3n) is 6.64. The van der Waals surface area contributed by atoms with Crippen molar-refractivity contribution in [3.05, 3.63) is 0 Å². The van der Waals surface area contributed by atoms with Gasteiger partial charge in [0.05, 0.1) is 6.04 Å². The Hall–Kier alpha value is -2.65. The minimum absolute atomic E-state index is 0.122. The summed E-state index contributed by atoms with van der Waals surface area (Å²) in [6.45, 7) is 0.558. The number of rotatable bonds is 10. The molecule has 2 aliphatic carbocycles. The van der Waals surface area contributed by atoms with Crippen LogP contribution in [0.3, 0.4) is 0 Å². The summed E-state index contributed by atoms with van der Waals surface area (Å²) in [4.78, 5) is 60.2. The van der Waals surface area contributed by atoms with Gasteiger partial charge in [0.15, 0.2) is 0 Å². The van der Waals surface area contributed by atoms with Crippen LogP contribution in [0.2, 0.25) is 0 Å². The topological polar surface area (TPSA) is 154 Å². The van der Waals surface area contributed by atoms with Crippen LogP contribution in [0.5, 0.6) is 0 Å². The molecular weight excluding hydrogens is 404 g/mol. The van der Waals surface area contributed by atoms with Gasteiger partial charge in [0.2, 0.25) is 17.7 Å². The fourth-order valence-corrected chi connectivity index (χ4v) is 4.63. The van der Waals surface area contributed by atoms with Gasteiger partial charge in [-0.05, 0) is 38.0 Å². The molecule has 10 nitrogen and oxygen atoms in total. The van der Waals surface area contributed by atoms with E-state index in [0.717, 1.165) is 32.1 Å². The van der Waals surface area contributed by atoms with E-state index >= 15 is 0 Å². The van der Waals surface area contributed by atoms with Crippen LogP contribution >= 0.6 is 0 Å². The number of hydrogen-bond acceptors (Lipinski definition) is 5. The number of carbonyl (C=O) groups excluding carboxylic acids is 4. The third-order valence-corrected chi connectivity index (χ3v) is 6.64. The maximum atomic E-state index is 13.0. The number of hydrogen-bond donors (Lipinski definition) is 5. The van der Waals surface area contributed by atoms with Crippen LogP contribution in [0.1, 0.15) is 64.2 Å². The van der Waals surface area contributed by atoms with Gasteiger partial charge < -0.3 is 31.2 Å². The van der Waals surface area contributed by atoms with Crippen LogP contribution in [-0.4, -0.2) is 59.4 Å². The largest absolute Gasteiger partial charge is 0.465 e. The van der Waals surface area contributed by atoms with Crippen LogP contribution in [0, 0.1) is 11.8 Å². The van der Waals surface area contributed by atoms with Crippen LogP contribution in [0.25, 0.3) is 0 Å². The molecule has 3 fully saturated rings. The molecule has 3 unspecified atom stereocenters. The monoisotopic (exact) mass is 436 g/mol. The number of nitrogens with one attached hydrogen (secondary N) is 4. The van der Waals surface area contributed by atoms with E-state index in [9.17, 15) is 24.0 Å². The molecule has 1 saturated heterocycles. The zero-order valence-corrected chi connectivity index (χ0v) is 17.7. The summed E-state index contributed by atoms with van der Waals surface area (Å²) in [7, 11) is 0. The van der Waals surface area contributed by atoms with Crippen LogP contribution in [-0.2, 0) is 19.2 Å². The van der Waals surface area contributed by atoms with Crippen LogP contribution in [0.4, 0.5) is 4.79 Å². The van der Waals surface area contributed by atoms with Crippen molar-refractivity contribution in [2.45, 2.75) is 81.8 Å². The normalized spacial score (nSPS) is 24.4. The van der Waals surface area contributed by atoms with Gasteiger partial charge in [-0.15, -0.1) is 0 Å². The summed E-state index contributed by atoms with van der Waals surface area (Å²) in [5.41, 5.74) is -1.18. The molecule has 172 valence electrons. The van der Waals surface area contributed by atoms with Crippen molar-refractivity contribution in [3.63, 3.8) is 0 Å². The molecule has 0 aromatic carbocycles. The van der Waals surface area contributed by atoms with Crippen LogP contribution in [0.15, 0.2) is 0 Å². The fraction of sp³-hybridized carbons (Fsp3) is 0.762. The zero-order valence-electron chi connectivity index (χ0n) is 17.7. The van der Waals surface area contributed by atoms with Crippen molar-refractivity contribution in [2.75, 3.05) is 6.54 Å². The highest BCUT2D eigenvalue weighted by atomic mass is 16.4. The summed E-state index contributed by atoms with van der Waals surface area (Å²) in [5, 5.41) is 19.4. The first-order chi connectivity index (χ1) is 14.8. The molecule has 0 aromatic rings. The van der Waals surface area contributed by atoms with E-state index in [1.54, 1.807) is 0 Å². The second kappa shape index (κ2) is 10.1.